The van der Waals surface area contributed by atoms with E-state index >= 15 is 0 Å². The van der Waals surface area contributed by atoms with Crippen LogP contribution in [0.3, 0.4) is 0 Å². The van der Waals surface area contributed by atoms with Crippen molar-refractivity contribution in [3.05, 3.63) is 0 Å². The van der Waals surface area contributed by atoms with Crippen LogP contribution in [-0.2, 0) is 4.74 Å². The van der Waals surface area contributed by atoms with Crippen molar-refractivity contribution in [1.29, 1.82) is 0 Å². The van der Waals surface area contributed by atoms with E-state index < -0.39 is 0 Å². The predicted molar refractivity (Wildman–Crippen MR) is 82.1 cm³/mol. The van der Waals surface area contributed by atoms with Crippen molar-refractivity contribution in [3.8, 4) is 0 Å². The summed E-state index contributed by atoms with van der Waals surface area (Å²) in [4.78, 5) is 7.97. The Balaban J connectivity index is 1.29. The van der Waals surface area contributed by atoms with Crippen molar-refractivity contribution in [3.63, 3.8) is 0 Å². The molecule has 0 aromatic carbocycles. The lowest BCUT2D eigenvalue weighted by molar-refractivity contribution is 0.0988. The molecule has 3 aliphatic rings. The molecular formula is C16H31N3O. The lowest BCUT2D eigenvalue weighted by Crippen LogP contribution is -2.49. The van der Waals surface area contributed by atoms with Crippen molar-refractivity contribution in [1.82, 2.24) is 14.7 Å². The highest BCUT2D eigenvalue weighted by Gasteiger charge is 2.22. The van der Waals surface area contributed by atoms with E-state index in [4.69, 9.17) is 4.74 Å². The van der Waals surface area contributed by atoms with Gasteiger partial charge in [0.1, 0.15) is 0 Å². The molecule has 4 nitrogen and oxygen atoms in total. The van der Waals surface area contributed by atoms with E-state index in [2.05, 4.69) is 14.7 Å². The van der Waals surface area contributed by atoms with E-state index in [-0.39, 0.29) is 0 Å². The number of hydrogen-bond donors (Lipinski definition) is 0. The molecule has 0 N–H and O–H groups in total. The Hall–Kier alpha value is -0.160. The van der Waals surface area contributed by atoms with E-state index in [0.717, 1.165) is 19.1 Å². The first kappa shape index (κ1) is 14.8. The minimum absolute atomic E-state index is 0.801. The van der Waals surface area contributed by atoms with Crippen LogP contribution in [0.2, 0.25) is 0 Å². The van der Waals surface area contributed by atoms with Crippen LogP contribution in [0.1, 0.15) is 25.7 Å². The zero-order valence-corrected chi connectivity index (χ0v) is 12.9. The van der Waals surface area contributed by atoms with E-state index in [0.29, 0.717) is 0 Å². The minimum atomic E-state index is 0.801. The van der Waals surface area contributed by atoms with Gasteiger partial charge in [-0.05, 0) is 38.3 Å². The Labute approximate surface area is 124 Å². The normalized spacial score (nSPS) is 30.9. The van der Waals surface area contributed by atoms with Crippen molar-refractivity contribution in [2.75, 3.05) is 72.1 Å². The molecule has 0 spiro atoms. The molecule has 0 aliphatic carbocycles. The van der Waals surface area contributed by atoms with Crippen molar-refractivity contribution in [2.24, 2.45) is 5.92 Å². The molecule has 1 atom stereocenters. The van der Waals surface area contributed by atoms with E-state index in [9.17, 15) is 0 Å². The lowest BCUT2D eigenvalue weighted by Gasteiger charge is -2.37. The highest BCUT2D eigenvalue weighted by atomic mass is 16.5. The van der Waals surface area contributed by atoms with Crippen LogP contribution in [0.5, 0.6) is 0 Å². The fourth-order valence-electron chi connectivity index (χ4n) is 3.75. The molecule has 3 saturated heterocycles. The van der Waals surface area contributed by atoms with Crippen LogP contribution in [0.25, 0.3) is 0 Å². The molecule has 0 aromatic heterocycles. The average molecular weight is 281 g/mol. The van der Waals surface area contributed by atoms with Gasteiger partial charge >= 0.3 is 0 Å². The predicted octanol–water partition coefficient (Wildman–Crippen LogP) is 1.13. The monoisotopic (exact) mass is 281 g/mol. The first-order valence-electron chi connectivity index (χ1n) is 8.65. The minimum Gasteiger partial charge on any atom is -0.381 e. The van der Waals surface area contributed by atoms with Crippen LogP contribution in [-0.4, -0.2) is 86.8 Å². The molecule has 3 rings (SSSR count). The fraction of sp³-hybridized carbons (Fsp3) is 1.00. The van der Waals surface area contributed by atoms with Gasteiger partial charge in [-0.3, -0.25) is 4.90 Å². The van der Waals surface area contributed by atoms with E-state index in [1.165, 1.54) is 84.6 Å². The Morgan fingerprint density at radius 1 is 0.750 bits per heavy atom. The standard InChI is InChI=1S/C16H31N3O/c1-2-5-17(6-3-1)7-8-18-9-11-19(12-10-18)14-16-4-13-20-15-16/h16H,1-15H2/t16-/m0/s1. The highest BCUT2D eigenvalue weighted by Crippen LogP contribution is 2.15. The third kappa shape index (κ3) is 4.42. The quantitative estimate of drug-likeness (QED) is 0.752. The van der Waals surface area contributed by atoms with Gasteiger partial charge in [-0.15, -0.1) is 0 Å². The summed E-state index contributed by atoms with van der Waals surface area (Å²) < 4.78 is 5.48. The van der Waals surface area contributed by atoms with Crippen molar-refractivity contribution < 1.29 is 4.74 Å². The first-order chi connectivity index (χ1) is 9.90. The topological polar surface area (TPSA) is 19.0 Å². The van der Waals surface area contributed by atoms with Gasteiger partial charge in [-0.2, -0.15) is 0 Å². The maximum atomic E-state index is 5.48. The smallest absolute Gasteiger partial charge is 0.0507 e. The summed E-state index contributed by atoms with van der Waals surface area (Å²) >= 11 is 0. The summed E-state index contributed by atoms with van der Waals surface area (Å²) in [5, 5.41) is 0. The number of ether oxygens (including phenoxy) is 1. The van der Waals surface area contributed by atoms with Gasteiger partial charge in [0.2, 0.25) is 0 Å². The first-order valence-corrected chi connectivity index (χ1v) is 8.65. The molecule has 3 heterocycles. The van der Waals surface area contributed by atoms with E-state index in [1.54, 1.807) is 0 Å². The number of rotatable bonds is 5. The van der Waals surface area contributed by atoms with Gasteiger partial charge in [-0.25, -0.2) is 0 Å². The summed E-state index contributed by atoms with van der Waals surface area (Å²) in [6, 6.07) is 0. The second-order valence-electron chi connectivity index (χ2n) is 6.77. The SMILES string of the molecule is C1CCN(CCN2CCN(C[C@@H]3CCOC3)CC2)CC1. The van der Waals surface area contributed by atoms with E-state index in [1.807, 2.05) is 0 Å². The zero-order valence-electron chi connectivity index (χ0n) is 12.9. The molecule has 0 aromatic rings. The molecule has 0 bridgehead atoms. The maximum absolute atomic E-state index is 5.48. The molecule has 20 heavy (non-hydrogen) atoms. The average Bonchev–Trinajstić information content (AvgIpc) is 3.01. The van der Waals surface area contributed by atoms with Gasteiger partial charge in [0.05, 0.1) is 6.61 Å². The number of piperazine rings is 1. The van der Waals surface area contributed by atoms with Gasteiger partial charge in [0.15, 0.2) is 0 Å². The second-order valence-corrected chi connectivity index (χ2v) is 6.77. The Morgan fingerprint density at radius 2 is 1.40 bits per heavy atom. The van der Waals surface area contributed by atoms with Gasteiger partial charge in [0, 0.05) is 52.4 Å². The molecule has 116 valence electrons. The van der Waals surface area contributed by atoms with Crippen LogP contribution in [0, 0.1) is 5.92 Å². The molecule has 4 heteroatoms. The van der Waals surface area contributed by atoms with Gasteiger partial charge in [0.25, 0.3) is 0 Å². The van der Waals surface area contributed by atoms with Crippen LogP contribution >= 0.6 is 0 Å². The Kier molecular flexibility index (Phi) is 5.71. The lowest BCUT2D eigenvalue weighted by atomic mass is 10.1. The van der Waals surface area contributed by atoms with Crippen LogP contribution in [0.15, 0.2) is 0 Å². The molecule has 3 aliphatic heterocycles. The molecule has 0 unspecified atom stereocenters. The van der Waals surface area contributed by atoms with Crippen molar-refractivity contribution >= 4 is 0 Å². The number of piperidine rings is 1. The number of hydrogen-bond acceptors (Lipinski definition) is 4. The van der Waals surface area contributed by atoms with Gasteiger partial charge < -0.3 is 14.5 Å². The maximum Gasteiger partial charge on any atom is 0.0507 e. The molecule has 3 fully saturated rings. The van der Waals surface area contributed by atoms with Crippen LogP contribution < -0.4 is 0 Å². The third-order valence-corrected chi connectivity index (χ3v) is 5.19. The summed E-state index contributed by atoms with van der Waals surface area (Å²) in [6.07, 6.45) is 5.55. The Morgan fingerprint density at radius 3 is 2.05 bits per heavy atom. The highest BCUT2D eigenvalue weighted by molar-refractivity contribution is 4.77. The second kappa shape index (κ2) is 7.74. The fourth-order valence-corrected chi connectivity index (χ4v) is 3.75. The molecule has 0 radical (unpaired) electrons. The van der Waals surface area contributed by atoms with Crippen LogP contribution in [0.4, 0.5) is 0 Å². The number of nitrogens with zero attached hydrogens (tertiary/aromatic N) is 3. The van der Waals surface area contributed by atoms with Crippen molar-refractivity contribution in [2.45, 2.75) is 25.7 Å². The molecule has 0 saturated carbocycles. The Bertz CT molecular complexity index is 267. The molecule has 0 amide bonds. The third-order valence-electron chi connectivity index (χ3n) is 5.19. The largest absolute Gasteiger partial charge is 0.381 e. The molecular weight excluding hydrogens is 250 g/mol. The summed E-state index contributed by atoms with van der Waals surface area (Å²) in [5.41, 5.74) is 0. The summed E-state index contributed by atoms with van der Waals surface area (Å²) in [5.74, 6) is 0.801. The summed E-state index contributed by atoms with van der Waals surface area (Å²) in [7, 11) is 0. The van der Waals surface area contributed by atoms with Gasteiger partial charge in [-0.1, -0.05) is 6.42 Å². The summed E-state index contributed by atoms with van der Waals surface area (Å²) in [6.45, 7) is 13.5. The zero-order chi connectivity index (χ0) is 13.6. The number of likely N-dealkylation sites (tertiary alicyclic amines) is 1.